The number of carbonyl (C=O) groups is 3. The van der Waals surface area contributed by atoms with E-state index in [0.717, 1.165) is 0 Å². The first-order valence-corrected chi connectivity index (χ1v) is 5.16. The van der Waals surface area contributed by atoms with Crippen LogP contribution in [0.1, 0.15) is 0 Å². The fourth-order valence-electron chi connectivity index (χ4n) is 1.33. The molecule has 1 heterocycles. The third-order valence-corrected chi connectivity index (χ3v) is 2.10. The molecule has 1 rings (SSSR count). The molecule has 0 radical (unpaired) electrons. The van der Waals surface area contributed by atoms with Crippen LogP contribution in [0.4, 0.5) is 4.79 Å². The minimum absolute atomic E-state index is 0.146. The van der Waals surface area contributed by atoms with Gasteiger partial charge in [0.25, 0.3) is 0 Å². The van der Waals surface area contributed by atoms with Gasteiger partial charge in [0.05, 0.1) is 12.6 Å². The van der Waals surface area contributed by atoms with Gasteiger partial charge < -0.3 is 30.2 Å². The van der Waals surface area contributed by atoms with Crippen LogP contribution in [0.5, 0.6) is 0 Å². The van der Waals surface area contributed by atoms with Crippen molar-refractivity contribution in [3.8, 4) is 0 Å². The van der Waals surface area contributed by atoms with E-state index in [0.29, 0.717) is 26.2 Å². The number of rotatable bonds is 7. The first kappa shape index (κ1) is 13.2. The quantitative estimate of drug-likeness (QED) is 0.492. The van der Waals surface area contributed by atoms with E-state index >= 15 is 0 Å². The van der Waals surface area contributed by atoms with Crippen LogP contribution in [0.2, 0.25) is 0 Å². The molecular formula is C9H14N3O5-. The summed E-state index contributed by atoms with van der Waals surface area (Å²) in [4.78, 5) is 33.8. The summed E-state index contributed by atoms with van der Waals surface area (Å²) in [6.07, 6.45) is 0. The maximum atomic E-state index is 11.1. The number of amides is 3. The van der Waals surface area contributed by atoms with Crippen molar-refractivity contribution in [3.05, 3.63) is 0 Å². The molecule has 0 aliphatic carbocycles. The normalized spacial score (nSPS) is 14.6. The number of aliphatic carboxylic acids is 1. The van der Waals surface area contributed by atoms with Crippen LogP contribution in [0, 0.1) is 0 Å². The van der Waals surface area contributed by atoms with E-state index in [1.807, 2.05) is 0 Å². The number of carboxylic acid groups (broad SMARTS) is 1. The second kappa shape index (κ2) is 6.69. The number of nitrogens with one attached hydrogen (secondary N) is 2. The molecule has 1 fully saturated rings. The van der Waals surface area contributed by atoms with E-state index in [9.17, 15) is 19.5 Å². The molecule has 8 nitrogen and oxygen atoms in total. The van der Waals surface area contributed by atoms with E-state index in [1.165, 1.54) is 0 Å². The molecule has 2 N–H and O–H groups in total. The van der Waals surface area contributed by atoms with Crippen LogP contribution in [-0.2, 0) is 14.3 Å². The van der Waals surface area contributed by atoms with Crippen LogP contribution in [0.25, 0.3) is 0 Å². The molecule has 0 spiro atoms. The molecular weight excluding hydrogens is 230 g/mol. The molecule has 17 heavy (non-hydrogen) atoms. The highest BCUT2D eigenvalue weighted by Crippen LogP contribution is 1.94. The molecule has 1 aliphatic rings. The summed E-state index contributed by atoms with van der Waals surface area (Å²) < 4.78 is 4.53. The molecule has 3 amide bonds. The third-order valence-electron chi connectivity index (χ3n) is 2.10. The maximum Gasteiger partial charge on any atom is 0.317 e. The molecule has 8 heteroatoms. The van der Waals surface area contributed by atoms with Crippen LogP contribution in [-0.4, -0.2) is 62.2 Å². The molecule has 0 unspecified atom stereocenters. The zero-order valence-electron chi connectivity index (χ0n) is 9.23. The summed E-state index contributed by atoms with van der Waals surface area (Å²) in [5.41, 5.74) is 0. The van der Waals surface area contributed by atoms with Gasteiger partial charge in [-0.15, -0.1) is 0 Å². The van der Waals surface area contributed by atoms with Crippen LogP contribution in [0.15, 0.2) is 0 Å². The molecule has 0 atom stereocenters. The molecule has 1 saturated heterocycles. The lowest BCUT2D eigenvalue weighted by Gasteiger charge is -2.14. The fraction of sp³-hybridized carbons (Fsp3) is 0.667. The van der Waals surface area contributed by atoms with Crippen molar-refractivity contribution >= 4 is 17.9 Å². The van der Waals surface area contributed by atoms with Crippen LogP contribution in [0.3, 0.4) is 0 Å². The average molecular weight is 244 g/mol. The molecule has 0 bridgehead atoms. The van der Waals surface area contributed by atoms with Crippen molar-refractivity contribution in [2.24, 2.45) is 0 Å². The number of ether oxygens (including phenoxy) is 1. The van der Waals surface area contributed by atoms with E-state index in [4.69, 9.17) is 0 Å². The highest BCUT2D eigenvalue weighted by Gasteiger charge is 2.18. The lowest BCUT2D eigenvalue weighted by Crippen LogP contribution is -2.38. The Morgan fingerprint density at radius 2 is 2.24 bits per heavy atom. The number of urea groups is 1. The van der Waals surface area contributed by atoms with Crippen molar-refractivity contribution in [2.45, 2.75) is 0 Å². The highest BCUT2D eigenvalue weighted by molar-refractivity contribution is 5.78. The fourth-order valence-corrected chi connectivity index (χ4v) is 1.33. The summed E-state index contributed by atoms with van der Waals surface area (Å²) in [6.45, 7) is 1.01. The van der Waals surface area contributed by atoms with Gasteiger partial charge in [0.2, 0.25) is 5.91 Å². The second-order valence-electron chi connectivity index (χ2n) is 3.43. The lowest BCUT2D eigenvalue weighted by atomic mass is 10.5. The molecule has 0 aromatic heterocycles. The van der Waals surface area contributed by atoms with Crippen LogP contribution < -0.4 is 15.7 Å². The minimum Gasteiger partial charge on any atom is -0.548 e. The Kier molecular flexibility index (Phi) is 5.21. The third kappa shape index (κ3) is 5.16. The van der Waals surface area contributed by atoms with Crippen molar-refractivity contribution in [1.82, 2.24) is 15.5 Å². The molecule has 1 aliphatic heterocycles. The summed E-state index contributed by atoms with van der Waals surface area (Å²) in [5.74, 6) is -1.79. The average Bonchev–Trinajstić information content (AvgIpc) is 2.64. The molecule has 0 saturated carbocycles. The van der Waals surface area contributed by atoms with Gasteiger partial charge in [-0.05, 0) is 0 Å². The monoisotopic (exact) mass is 244 g/mol. The first-order chi connectivity index (χ1) is 8.09. The standard InChI is InChI=1S/C9H15N3O5/c13-7(5-17-6-8(14)15)10-1-3-12-4-2-11-9(12)16/h1-6H2,(H,10,13)(H,11,16)(H,14,15)/p-1. The van der Waals surface area contributed by atoms with Crippen molar-refractivity contribution in [3.63, 3.8) is 0 Å². The number of hydrogen-bond donors (Lipinski definition) is 2. The van der Waals surface area contributed by atoms with Gasteiger partial charge in [-0.2, -0.15) is 0 Å². The highest BCUT2D eigenvalue weighted by atomic mass is 16.5. The number of nitrogens with zero attached hydrogens (tertiary/aromatic N) is 1. The zero-order chi connectivity index (χ0) is 12.7. The van der Waals surface area contributed by atoms with Crippen molar-refractivity contribution < 1.29 is 24.2 Å². The van der Waals surface area contributed by atoms with E-state index in [1.54, 1.807) is 4.90 Å². The van der Waals surface area contributed by atoms with Gasteiger partial charge in [-0.1, -0.05) is 0 Å². The molecule has 0 aromatic carbocycles. The van der Waals surface area contributed by atoms with E-state index in [-0.39, 0.29) is 12.6 Å². The minimum atomic E-state index is -1.37. The van der Waals surface area contributed by atoms with Gasteiger partial charge in [0, 0.05) is 26.2 Å². The van der Waals surface area contributed by atoms with E-state index in [2.05, 4.69) is 15.4 Å². The zero-order valence-corrected chi connectivity index (χ0v) is 9.23. The Labute approximate surface area is 97.9 Å². The number of carbonyl (C=O) groups excluding carboxylic acids is 3. The van der Waals surface area contributed by atoms with Crippen LogP contribution >= 0.6 is 0 Å². The Morgan fingerprint density at radius 1 is 1.47 bits per heavy atom. The molecule has 0 aromatic rings. The maximum absolute atomic E-state index is 11.1. The number of carboxylic acids is 1. The lowest BCUT2D eigenvalue weighted by molar-refractivity contribution is -0.309. The van der Waals surface area contributed by atoms with Crippen molar-refractivity contribution in [1.29, 1.82) is 0 Å². The topological polar surface area (TPSA) is 111 Å². The summed E-state index contributed by atoms with van der Waals surface area (Å²) in [5, 5.41) is 15.1. The summed E-state index contributed by atoms with van der Waals surface area (Å²) in [6, 6.07) is -0.146. The summed E-state index contributed by atoms with van der Waals surface area (Å²) in [7, 11) is 0. The van der Waals surface area contributed by atoms with Crippen molar-refractivity contribution in [2.75, 3.05) is 39.4 Å². The summed E-state index contributed by atoms with van der Waals surface area (Å²) >= 11 is 0. The smallest absolute Gasteiger partial charge is 0.317 e. The predicted octanol–water partition coefficient (Wildman–Crippen LogP) is -3.11. The van der Waals surface area contributed by atoms with Gasteiger partial charge in [0.1, 0.15) is 6.61 Å². The Morgan fingerprint density at radius 3 is 2.82 bits per heavy atom. The Bertz CT molecular complexity index is 307. The largest absolute Gasteiger partial charge is 0.548 e. The second-order valence-corrected chi connectivity index (χ2v) is 3.43. The van der Waals surface area contributed by atoms with Gasteiger partial charge in [0.15, 0.2) is 0 Å². The van der Waals surface area contributed by atoms with Gasteiger partial charge in [-0.3, -0.25) is 4.79 Å². The number of hydrogen-bond acceptors (Lipinski definition) is 5. The predicted molar refractivity (Wildman–Crippen MR) is 53.8 cm³/mol. The SMILES string of the molecule is O=C([O-])COCC(=O)NCCN1CCNC1=O. The van der Waals surface area contributed by atoms with Gasteiger partial charge >= 0.3 is 6.03 Å². The molecule has 96 valence electrons. The first-order valence-electron chi connectivity index (χ1n) is 5.16. The Hall–Kier alpha value is -1.83. The van der Waals surface area contributed by atoms with E-state index < -0.39 is 18.5 Å². The Balaban J connectivity index is 2.03. The van der Waals surface area contributed by atoms with Gasteiger partial charge in [-0.25, -0.2) is 4.79 Å².